The molecule has 1 rings (SSSR count). The molecular weight excluding hydrogens is 230 g/mol. The Morgan fingerprint density at radius 3 is 2.72 bits per heavy atom. The molecule has 0 aromatic heterocycles. The molecule has 1 aromatic carbocycles. The Kier molecular flexibility index (Phi) is 6.12. The standard InChI is InChI=1S/C14H23NO3/c1-3-8-15-10-14(2,17)11-18-13-7-5-4-6-12(13)9-16/h4-7,15-17H,3,8-11H2,1-2H3. The van der Waals surface area contributed by atoms with Gasteiger partial charge in [-0.3, -0.25) is 0 Å². The van der Waals surface area contributed by atoms with E-state index in [0.717, 1.165) is 18.5 Å². The van der Waals surface area contributed by atoms with Crippen molar-refractivity contribution in [3.8, 4) is 5.75 Å². The van der Waals surface area contributed by atoms with E-state index in [1.54, 1.807) is 19.1 Å². The average molecular weight is 253 g/mol. The number of hydrogen-bond donors (Lipinski definition) is 3. The Morgan fingerprint density at radius 2 is 2.06 bits per heavy atom. The van der Waals surface area contributed by atoms with Crippen molar-refractivity contribution in [1.29, 1.82) is 0 Å². The lowest BCUT2D eigenvalue weighted by atomic mass is 10.1. The van der Waals surface area contributed by atoms with Crippen molar-refractivity contribution in [3.63, 3.8) is 0 Å². The van der Waals surface area contributed by atoms with Gasteiger partial charge in [0.25, 0.3) is 0 Å². The molecule has 1 unspecified atom stereocenters. The van der Waals surface area contributed by atoms with Gasteiger partial charge in [-0.15, -0.1) is 0 Å². The molecule has 0 amide bonds. The van der Waals surface area contributed by atoms with Gasteiger partial charge in [0.15, 0.2) is 0 Å². The van der Waals surface area contributed by atoms with Crippen LogP contribution in [0.5, 0.6) is 5.75 Å². The topological polar surface area (TPSA) is 61.7 Å². The fourth-order valence-electron chi connectivity index (χ4n) is 1.59. The summed E-state index contributed by atoms with van der Waals surface area (Å²) in [5.74, 6) is 0.621. The van der Waals surface area contributed by atoms with E-state index in [-0.39, 0.29) is 13.2 Å². The van der Waals surface area contributed by atoms with Crippen molar-refractivity contribution in [3.05, 3.63) is 29.8 Å². The van der Waals surface area contributed by atoms with E-state index in [2.05, 4.69) is 12.2 Å². The normalized spacial score (nSPS) is 14.2. The van der Waals surface area contributed by atoms with Crippen molar-refractivity contribution in [2.45, 2.75) is 32.5 Å². The second kappa shape index (κ2) is 7.36. The quantitative estimate of drug-likeness (QED) is 0.611. The fraction of sp³-hybridized carbons (Fsp3) is 0.571. The van der Waals surface area contributed by atoms with Crippen LogP contribution in [-0.2, 0) is 6.61 Å². The monoisotopic (exact) mass is 253 g/mol. The molecule has 4 nitrogen and oxygen atoms in total. The largest absolute Gasteiger partial charge is 0.490 e. The minimum atomic E-state index is -0.919. The van der Waals surface area contributed by atoms with Crippen molar-refractivity contribution in [1.82, 2.24) is 5.32 Å². The fourth-order valence-corrected chi connectivity index (χ4v) is 1.59. The zero-order valence-corrected chi connectivity index (χ0v) is 11.1. The van der Waals surface area contributed by atoms with Gasteiger partial charge >= 0.3 is 0 Å². The highest BCUT2D eigenvalue weighted by Gasteiger charge is 2.21. The van der Waals surface area contributed by atoms with Crippen LogP contribution in [0, 0.1) is 0 Å². The minimum absolute atomic E-state index is 0.0631. The maximum Gasteiger partial charge on any atom is 0.124 e. The molecule has 1 aromatic rings. The van der Waals surface area contributed by atoms with Crippen LogP contribution in [0.2, 0.25) is 0 Å². The minimum Gasteiger partial charge on any atom is -0.490 e. The van der Waals surface area contributed by atoms with Gasteiger partial charge in [-0.05, 0) is 26.0 Å². The van der Waals surface area contributed by atoms with Gasteiger partial charge in [-0.1, -0.05) is 25.1 Å². The molecule has 102 valence electrons. The molecular formula is C14H23NO3. The van der Waals surface area contributed by atoms with E-state index in [1.165, 1.54) is 0 Å². The third-order valence-corrected chi connectivity index (χ3v) is 2.61. The Balaban J connectivity index is 2.47. The molecule has 0 fully saturated rings. The molecule has 1 atom stereocenters. The summed E-state index contributed by atoms with van der Waals surface area (Å²) in [5, 5.41) is 22.4. The van der Waals surface area contributed by atoms with Crippen LogP contribution >= 0.6 is 0 Å². The predicted octanol–water partition coefficient (Wildman–Crippen LogP) is 1.31. The number of benzene rings is 1. The van der Waals surface area contributed by atoms with Crippen LogP contribution in [-0.4, -0.2) is 35.5 Å². The number of ether oxygens (including phenoxy) is 1. The SMILES string of the molecule is CCCNCC(C)(O)COc1ccccc1CO. The van der Waals surface area contributed by atoms with E-state index < -0.39 is 5.60 Å². The zero-order chi connectivity index (χ0) is 13.4. The lowest BCUT2D eigenvalue weighted by Crippen LogP contribution is -2.43. The van der Waals surface area contributed by atoms with Gasteiger partial charge in [-0.2, -0.15) is 0 Å². The Labute approximate surface area is 109 Å². The van der Waals surface area contributed by atoms with Gasteiger partial charge in [0.2, 0.25) is 0 Å². The molecule has 0 spiro atoms. The molecule has 0 saturated carbocycles. The van der Waals surface area contributed by atoms with E-state index in [1.807, 2.05) is 12.1 Å². The maximum absolute atomic E-state index is 10.1. The molecule has 0 heterocycles. The first kappa shape index (κ1) is 15.0. The van der Waals surface area contributed by atoms with Crippen LogP contribution in [0.25, 0.3) is 0 Å². The summed E-state index contributed by atoms with van der Waals surface area (Å²) in [6, 6.07) is 7.29. The van der Waals surface area contributed by atoms with Crippen molar-refractivity contribution in [2.24, 2.45) is 0 Å². The molecule has 0 radical (unpaired) electrons. The molecule has 3 N–H and O–H groups in total. The summed E-state index contributed by atoms with van der Waals surface area (Å²) in [4.78, 5) is 0. The van der Waals surface area contributed by atoms with Crippen molar-refractivity contribution >= 4 is 0 Å². The molecule has 4 heteroatoms. The molecule has 0 aliphatic heterocycles. The molecule has 0 bridgehead atoms. The van der Waals surface area contributed by atoms with Crippen molar-refractivity contribution < 1.29 is 14.9 Å². The van der Waals surface area contributed by atoms with E-state index in [9.17, 15) is 5.11 Å². The second-order valence-corrected chi connectivity index (χ2v) is 4.73. The number of nitrogens with one attached hydrogen (secondary N) is 1. The molecule has 18 heavy (non-hydrogen) atoms. The summed E-state index contributed by atoms with van der Waals surface area (Å²) in [6.07, 6.45) is 1.03. The third kappa shape index (κ3) is 5.04. The van der Waals surface area contributed by atoms with Crippen LogP contribution in [0.4, 0.5) is 0 Å². The van der Waals surface area contributed by atoms with Gasteiger partial charge in [0, 0.05) is 12.1 Å². The Hall–Kier alpha value is -1.10. The summed E-state index contributed by atoms with van der Waals surface area (Å²) >= 11 is 0. The molecule has 0 saturated heterocycles. The first-order chi connectivity index (χ1) is 8.59. The first-order valence-corrected chi connectivity index (χ1v) is 6.33. The van der Waals surface area contributed by atoms with E-state index >= 15 is 0 Å². The lowest BCUT2D eigenvalue weighted by molar-refractivity contribution is 0.0118. The predicted molar refractivity (Wildman–Crippen MR) is 71.6 cm³/mol. The van der Waals surface area contributed by atoms with Crippen molar-refractivity contribution in [2.75, 3.05) is 19.7 Å². The highest BCUT2D eigenvalue weighted by molar-refractivity contribution is 5.32. The number of hydrogen-bond acceptors (Lipinski definition) is 4. The summed E-state index contributed by atoms with van der Waals surface area (Å²) < 4.78 is 5.57. The van der Waals surface area contributed by atoms with Gasteiger partial charge in [-0.25, -0.2) is 0 Å². The Morgan fingerprint density at radius 1 is 1.33 bits per heavy atom. The number of aliphatic hydroxyl groups excluding tert-OH is 1. The summed E-state index contributed by atoms with van der Waals surface area (Å²) in [6.45, 7) is 5.31. The highest BCUT2D eigenvalue weighted by atomic mass is 16.5. The summed E-state index contributed by atoms with van der Waals surface area (Å²) in [5.41, 5.74) is -0.188. The van der Waals surface area contributed by atoms with Crippen LogP contribution in [0.1, 0.15) is 25.8 Å². The average Bonchev–Trinajstić information content (AvgIpc) is 2.37. The smallest absolute Gasteiger partial charge is 0.124 e. The van der Waals surface area contributed by atoms with Gasteiger partial charge < -0.3 is 20.3 Å². The van der Waals surface area contributed by atoms with Crippen LogP contribution in [0.15, 0.2) is 24.3 Å². The second-order valence-electron chi connectivity index (χ2n) is 4.73. The molecule has 0 aliphatic carbocycles. The van der Waals surface area contributed by atoms with Gasteiger partial charge in [0.1, 0.15) is 18.0 Å². The van der Waals surface area contributed by atoms with Crippen LogP contribution in [0.3, 0.4) is 0 Å². The van der Waals surface area contributed by atoms with E-state index in [4.69, 9.17) is 9.84 Å². The zero-order valence-electron chi connectivity index (χ0n) is 11.1. The Bertz CT molecular complexity index is 353. The maximum atomic E-state index is 10.1. The third-order valence-electron chi connectivity index (χ3n) is 2.61. The number of para-hydroxylation sites is 1. The first-order valence-electron chi connectivity index (χ1n) is 6.33. The number of aliphatic hydroxyl groups is 2. The summed E-state index contributed by atoms with van der Waals surface area (Å²) in [7, 11) is 0. The van der Waals surface area contributed by atoms with E-state index in [0.29, 0.717) is 12.3 Å². The lowest BCUT2D eigenvalue weighted by Gasteiger charge is -2.24. The van der Waals surface area contributed by atoms with Crippen LogP contribution < -0.4 is 10.1 Å². The highest BCUT2D eigenvalue weighted by Crippen LogP contribution is 2.19. The molecule has 0 aliphatic rings. The number of rotatable bonds is 8. The van der Waals surface area contributed by atoms with Gasteiger partial charge in [0.05, 0.1) is 6.61 Å².